The largest absolute Gasteiger partial charge is 0.394 e. The van der Waals surface area contributed by atoms with Gasteiger partial charge in [-0.25, -0.2) is 0 Å². The van der Waals surface area contributed by atoms with Gasteiger partial charge in [0.2, 0.25) is 0 Å². The molecule has 0 bridgehead atoms. The first-order valence-corrected chi connectivity index (χ1v) is 6.13. The predicted molar refractivity (Wildman–Crippen MR) is 64.6 cm³/mol. The summed E-state index contributed by atoms with van der Waals surface area (Å²) in [5.74, 6) is 0. The molecule has 0 radical (unpaired) electrons. The highest BCUT2D eigenvalue weighted by molar-refractivity contribution is 4.75. The van der Waals surface area contributed by atoms with Gasteiger partial charge in [-0.1, -0.05) is 0 Å². The fourth-order valence-electron chi connectivity index (χ4n) is 1.26. The van der Waals surface area contributed by atoms with Gasteiger partial charge >= 0.3 is 0 Å². The Kier molecular flexibility index (Phi) is 12.5. The maximum absolute atomic E-state index is 9.50. The van der Waals surface area contributed by atoms with Crippen LogP contribution < -0.4 is 0 Å². The van der Waals surface area contributed by atoms with Gasteiger partial charge in [-0.15, -0.1) is 0 Å². The molecule has 0 aromatic carbocycles. The van der Waals surface area contributed by atoms with Crippen LogP contribution in [0.2, 0.25) is 0 Å². The standard InChI is InChI=1S/C11H24O8/c12-1-2-17-3-4-18-5-6-19-10(8-14)11(16)9(15)7-13/h9-16H,1-8H2. The molecule has 0 saturated heterocycles. The molecule has 0 heterocycles. The van der Waals surface area contributed by atoms with Crippen molar-refractivity contribution >= 4 is 0 Å². The molecule has 3 unspecified atom stereocenters. The summed E-state index contributed by atoms with van der Waals surface area (Å²) in [4.78, 5) is 0. The van der Waals surface area contributed by atoms with E-state index in [1.165, 1.54) is 0 Å². The minimum Gasteiger partial charge on any atom is -0.394 e. The van der Waals surface area contributed by atoms with Gasteiger partial charge in [-0.05, 0) is 0 Å². The van der Waals surface area contributed by atoms with Crippen LogP contribution in [0.1, 0.15) is 0 Å². The number of aliphatic hydroxyl groups is 5. The average Bonchev–Trinajstić information content (AvgIpc) is 2.44. The smallest absolute Gasteiger partial charge is 0.110 e. The fourth-order valence-corrected chi connectivity index (χ4v) is 1.26. The fraction of sp³-hybridized carbons (Fsp3) is 1.00. The van der Waals surface area contributed by atoms with Gasteiger partial charge in [-0.2, -0.15) is 0 Å². The van der Waals surface area contributed by atoms with E-state index in [-0.39, 0.29) is 26.4 Å². The zero-order valence-corrected chi connectivity index (χ0v) is 10.8. The number of rotatable bonds is 13. The Morgan fingerprint density at radius 1 is 0.737 bits per heavy atom. The van der Waals surface area contributed by atoms with E-state index >= 15 is 0 Å². The molecule has 5 N–H and O–H groups in total. The maximum Gasteiger partial charge on any atom is 0.110 e. The topological polar surface area (TPSA) is 129 Å². The Bertz CT molecular complexity index is 192. The van der Waals surface area contributed by atoms with Crippen LogP contribution in [0.25, 0.3) is 0 Å². The lowest BCUT2D eigenvalue weighted by Gasteiger charge is -2.24. The van der Waals surface area contributed by atoms with Crippen LogP contribution in [-0.4, -0.2) is 96.7 Å². The molecule has 3 atom stereocenters. The van der Waals surface area contributed by atoms with Crippen molar-refractivity contribution in [2.45, 2.75) is 18.3 Å². The van der Waals surface area contributed by atoms with Crippen molar-refractivity contribution in [3.63, 3.8) is 0 Å². The molecule has 116 valence electrons. The van der Waals surface area contributed by atoms with Crippen LogP contribution in [0.5, 0.6) is 0 Å². The van der Waals surface area contributed by atoms with Gasteiger partial charge in [-0.3, -0.25) is 0 Å². The first-order valence-electron chi connectivity index (χ1n) is 6.13. The number of aliphatic hydroxyl groups excluding tert-OH is 5. The molecule has 8 heteroatoms. The van der Waals surface area contributed by atoms with Crippen LogP contribution >= 0.6 is 0 Å². The molecule has 0 aliphatic heterocycles. The minimum absolute atomic E-state index is 0.0354. The normalized spacial score (nSPS) is 16.3. The Morgan fingerprint density at radius 3 is 1.84 bits per heavy atom. The molecule has 8 nitrogen and oxygen atoms in total. The monoisotopic (exact) mass is 284 g/mol. The molecule has 0 fully saturated rings. The molecule has 0 aliphatic rings. The summed E-state index contributed by atoms with van der Waals surface area (Å²) in [7, 11) is 0. The van der Waals surface area contributed by atoms with Gasteiger partial charge < -0.3 is 39.7 Å². The first kappa shape index (κ1) is 18.7. The van der Waals surface area contributed by atoms with E-state index in [9.17, 15) is 10.2 Å². The van der Waals surface area contributed by atoms with Crippen LogP contribution in [-0.2, 0) is 14.2 Å². The molecule has 0 aromatic rings. The first-order chi connectivity index (χ1) is 9.17. The lowest BCUT2D eigenvalue weighted by atomic mass is 10.1. The van der Waals surface area contributed by atoms with E-state index in [0.717, 1.165) is 0 Å². The second kappa shape index (κ2) is 12.7. The summed E-state index contributed by atoms with van der Waals surface area (Å²) in [5.41, 5.74) is 0. The van der Waals surface area contributed by atoms with Crippen molar-refractivity contribution in [2.24, 2.45) is 0 Å². The van der Waals surface area contributed by atoms with Gasteiger partial charge in [0.05, 0.1) is 52.9 Å². The van der Waals surface area contributed by atoms with E-state index < -0.39 is 31.5 Å². The van der Waals surface area contributed by atoms with Crippen molar-refractivity contribution < 1.29 is 39.7 Å². The third-order valence-electron chi connectivity index (χ3n) is 2.31. The number of ether oxygens (including phenoxy) is 3. The summed E-state index contributed by atoms with van der Waals surface area (Å²) in [6, 6.07) is 0. The summed E-state index contributed by atoms with van der Waals surface area (Å²) in [5, 5.41) is 44.8. The molecule has 0 saturated carbocycles. The molecule has 0 aromatic heterocycles. The van der Waals surface area contributed by atoms with Gasteiger partial charge in [0.1, 0.15) is 18.3 Å². The Labute approximate surface area is 112 Å². The third kappa shape index (κ3) is 9.25. The van der Waals surface area contributed by atoms with E-state index in [1.807, 2.05) is 0 Å². The predicted octanol–water partition coefficient (Wildman–Crippen LogP) is -2.90. The highest BCUT2D eigenvalue weighted by atomic mass is 16.6. The summed E-state index contributed by atoms with van der Waals surface area (Å²) < 4.78 is 15.2. The van der Waals surface area contributed by atoms with E-state index in [0.29, 0.717) is 13.2 Å². The van der Waals surface area contributed by atoms with Crippen LogP contribution in [0.15, 0.2) is 0 Å². The molecule has 0 spiro atoms. The highest BCUT2D eigenvalue weighted by Gasteiger charge is 2.25. The zero-order valence-electron chi connectivity index (χ0n) is 10.8. The SMILES string of the molecule is OCCOCCOCCOC(CO)C(O)C(O)CO. The number of hydrogen-bond donors (Lipinski definition) is 5. The zero-order chi connectivity index (χ0) is 14.5. The van der Waals surface area contributed by atoms with Crippen LogP contribution in [0.4, 0.5) is 0 Å². The van der Waals surface area contributed by atoms with Gasteiger partial charge in [0, 0.05) is 0 Å². The highest BCUT2D eigenvalue weighted by Crippen LogP contribution is 2.04. The van der Waals surface area contributed by atoms with Gasteiger partial charge in [0.15, 0.2) is 0 Å². The molecule has 0 aliphatic carbocycles. The van der Waals surface area contributed by atoms with E-state index in [4.69, 9.17) is 29.5 Å². The molecular formula is C11H24O8. The molecule has 0 rings (SSSR count). The average molecular weight is 284 g/mol. The quantitative estimate of drug-likeness (QED) is 0.228. The Balaban J connectivity index is 3.56. The summed E-state index contributed by atoms with van der Waals surface area (Å²) in [6.07, 6.45) is -3.69. The lowest BCUT2D eigenvalue weighted by molar-refractivity contribution is -0.124. The van der Waals surface area contributed by atoms with Crippen molar-refractivity contribution in [1.29, 1.82) is 0 Å². The second-order valence-electron chi connectivity index (χ2n) is 3.78. The van der Waals surface area contributed by atoms with Crippen molar-refractivity contribution in [1.82, 2.24) is 0 Å². The maximum atomic E-state index is 9.50. The van der Waals surface area contributed by atoms with Crippen molar-refractivity contribution in [3.05, 3.63) is 0 Å². The second-order valence-corrected chi connectivity index (χ2v) is 3.78. The van der Waals surface area contributed by atoms with Gasteiger partial charge in [0.25, 0.3) is 0 Å². The number of hydrogen-bond acceptors (Lipinski definition) is 8. The Morgan fingerprint density at radius 2 is 1.32 bits per heavy atom. The third-order valence-corrected chi connectivity index (χ3v) is 2.31. The van der Waals surface area contributed by atoms with E-state index in [2.05, 4.69) is 0 Å². The summed E-state index contributed by atoms with van der Waals surface area (Å²) in [6.45, 7) is 0.202. The minimum atomic E-state index is -1.36. The Hall–Kier alpha value is -0.320. The molecular weight excluding hydrogens is 260 g/mol. The summed E-state index contributed by atoms with van der Waals surface area (Å²) >= 11 is 0. The van der Waals surface area contributed by atoms with Crippen LogP contribution in [0.3, 0.4) is 0 Å². The molecule has 19 heavy (non-hydrogen) atoms. The van der Waals surface area contributed by atoms with E-state index in [1.54, 1.807) is 0 Å². The lowest BCUT2D eigenvalue weighted by Crippen LogP contribution is -2.43. The van der Waals surface area contributed by atoms with Crippen molar-refractivity contribution in [2.75, 3.05) is 52.9 Å². The van der Waals surface area contributed by atoms with Crippen LogP contribution in [0, 0.1) is 0 Å². The van der Waals surface area contributed by atoms with Crippen molar-refractivity contribution in [3.8, 4) is 0 Å². The molecule has 0 amide bonds.